The molecule has 94 valence electrons. The fourth-order valence-electron chi connectivity index (χ4n) is 1.50. The molecule has 0 radical (unpaired) electrons. The average Bonchev–Trinajstić information content (AvgIpc) is 2.28. The minimum atomic E-state index is 0.0888. The number of rotatable bonds is 6. The molecule has 0 spiro atoms. The van der Waals surface area contributed by atoms with Crippen molar-refractivity contribution < 1.29 is 4.79 Å². The first-order valence-corrected chi connectivity index (χ1v) is 7.16. The lowest BCUT2D eigenvalue weighted by atomic mass is 10.2. The molecule has 1 N–H and O–H groups in total. The number of benzene rings is 1. The normalized spacial score (nSPS) is 12.2. The van der Waals surface area contributed by atoms with Gasteiger partial charge in [-0.3, -0.25) is 4.79 Å². The van der Waals surface area contributed by atoms with Gasteiger partial charge >= 0.3 is 0 Å². The lowest BCUT2D eigenvalue weighted by molar-refractivity contribution is -0.119. The van der Waals surface area contributed by atoms with Crippen molar-refractivity contribution in [3.63, 3.8) is 0 Å². The molecule has 1 amide bonds. The molecule has 0 saturated carbocycles. The van der Waals surface area contributed by atoms with Crippen molar-refractivity contribution in [3.8, 4) is 0 Å². The highest BCUT2D eigenvalue weighted by atomic mass is 35.5. The van der Waals surface area contributed by atoms with Gasteiger partial charge in [0.05, 0.1) is 5.75 Å². The first-order valence-electron chi connectivity index (χ1n) is 5.79. The van der Waals surface area contributed by atoms with Crippen LogP contribution in [0.1, 0.15) is 26.7 Å². The molecule has 0 aliphatic carbocycles. The van der Waals surface area contributed by atoms with Crippen LogP contribution in [0.3, 0.4) is 0 Å². The van der Waals surface area contributed by atoms with Crippen molar-refractivity contribution in [3.05, 3.63) is 29.3 Å². The lowest BCUT2D eigenvalue weighted by Crippen LogP contribution is -2.33. The van der Waals surface area contributed by atoms with Gasteiger partial charge in [-0.25, -0.2) is 0 Å². The van der Waals surface area contributed by atoms with E-state index in [4.69, 9.17) is 11.6 Å². The van der Waals surface area contributed by atoms with E-state index in [0.717, 1.165) is 22.8 Å². The minimum Gasteiger partial charge on any atom is -0.353 e. The second-order valence-electron chi connectivity index (χ2n) is 4.00. The summed E-state index contributed by atoms with van der Waals surface area (Å²) < 4.78 is 0. The summed E-state index contributed by atoms with van der Waals surface area (Å²) in [6.45, 7) is 4.15. The molecule has 0 unspecified atom stereocenters. The molecule has 2 nitrogen and oxygen atoms in total. The summed E-state index contributed by atoms with van der Waals surface area (Å²) in [6, 6.07) is 7.78. The van der Waals surface area contributed by atoms with Gasteiger partial charge in [0.2, 0.25) is 5.91 Å². The fraction of sp³-hybridized carbons (Fsp3) is 0.462. The number of amides is 1. The molecular formula is C13H18ClNOS. The van der Waals surface area contributed by atoms with E-state index in [1.165, 1.54) is 11.8 Å². The Morgan fingerprint density at radius 3 is 2.65 bits per heavy atom. The molecule has 0 aliphatic heterocycles. The van der Waals surface area contributed by atoms with E-state index in [2.05, 4.69) is 12.2 Å². The van der Waals surface area contributed by atoms with E-state index in [-0.39, 0.29) is 11.9 Å². The third-order valence-corrected chi connectivity index (χ3v) is 3.58. The summed E-state index contributed by atoms with van der Waals surface area (Å²) >= 11 is 7.32. The monoisotopic (exact) mass is 271 g/mol. The molecule has 1 aromatic rings. The van der Waals surface area contributed by atoms with Gasteiger partial charge in [0.25, 0.3) is 0 Å². The molecule has 0 saturated heterocycles. The number of nitrogens with one attached hydrogen (secondary N) is 1. The molecule has 0 aromatic heterocycles. The second kappa shape index (κ2) is 7.62. The Hall–Kier alpha value is -0.670. The van der Waals surface area contributed by atoms with Gasteiger partial charge < -0.3 is 5.32 Å². The molecule has 1 atom stereocenters. The van der Waals surface area contributed by atoms with Crippen molar-refractivity contribution in [2.45, 2.75) is 37.6 Å². The van der Waals surface area contributed by atoms with Crippen LogP contribution in [0.5, 0.6) is 0 Å². The molecule has 17 heavy (non-hydrogen) atoms. The maximum atomic E-state index is 11.6. The molecule has 0 fully saturated rings. The summed E-state index contributed by atoms with van der Waals surface area (Å²) in [6.07, 6.45) is 2.11. The van der Waals surface area contributed by atoms with Gasteiger partial charge in [-0.1, -0.05) is 24.9 Å². The van der Waals surface area contributed by atoms with Gasteiger partial charge in [0.15, 0.2) is 0 Å². The van der Waals surface area contributed by atoms with E-state index in [1.54, 1.807) is 0 Å². The zero-order chi connectivity index (χ0) is 12.7. The Morgan fingerprint density at radius 1 is 1.41 bits per heavy atom. The first kappa shape index (κ1) is 14.4. The molecule has 4 heteroatoms. The van der Waals surface area contributed by atoms with E-state index in [9.17, 15) is 4.79 Å². The Kier molecular flexibility index (Phi) is 6.45. The zero-order valence-corrected chi connectivity index (χ0v) is 11.8. The van der Waals surface area contributed by atoms with Crippen LogP contribution in [0.4, 0.5) is 0 Å². The maximum Gasteiger partial charge on any atom is 0.230 e. The smallest absolute Gasteiger partial charge is 0.230 e. The predicted octanol–water partition coefficient (Wildman–Crippen LogP) is 3.74. The van der Waals surface area contributed by atoms with Crippen LogP contribution >= 0.6 is 23.4 Å². The van der Waals surface area contributed by atoms with Crippen LogP contribution in [0.25, 0.3) is 0 Å². The van der Waals surface area contributed by atoms with E-state index in [1.807, 2.05) is 31.2 Å². The summed E-state index contributed by atoms with van der Waals surface area (Å²) in [4.78, 5) is 12.7. The summed E-state index contributed by atoms with van der Waals surface area (Å²) in [5.74, 6) is 0.543. The van der Waals surface area contributed by atoms with Gasteiger partial charge in [-0.15, -0.1) is 11.8 Å². The maximum absolute atomic E-state index is 11.6. The molecule has 0 bridgehead atoms. The quantitative estimate of drug-likeness (QED) is 0.799. The van der Waals surface area contributed by atoms with Gasteiger partial charge in [-0.05, 0) is 37.6 Å². The summed E-state index contributed by atoms with van der Waals surface area (Å²) in [7, 11) is 0. The second-order valence-corrected chi connectivity index (χ2v) is 5.49. The van der Waals surface area contributed by atoms with Crippen molar-refractivity contribution in [2.75, 3.05) is 5.75 Å². The molecular weight excluding hydrogens is 254 g/mol. The Morgan fingerprint density at radius 2 is 2.06 bits per heavy atom. The van der Waals surface area contributed by atoms with Crippen molar-refractivity contribution in [1.29, 1.82) is 0 Å². The lowest BCUT2D eigenvalue weighted by Gasteiger charge is -2.12. The van der Waals surface area contributed by atoms with Crippen LogP contribution in [0.15, 0.2) is 29.2 Å². The van der Waals surface area contributed by atoms with Crippen LogP contribution in [0.2, 0.25) is 5.02 Å². The first-order chi connectivity index (χ1) is 8.11. The molecule has 0 aliphatic rings. The number of carbonyl (C=O) groups excluding carboxylic acids is 1. The Bertz CT molecular complexity index is 353. The third-order valence-electron chi connectivity index (χ3n) is 2.31. The largest absolute Gasteiger partial charge is 0.353 e. The average molecular weight is 272 g/mol. The number of hydrogen-bond acceptors (Lipinski definition) is 2. The van der Waals surface area contributed by atoms with Gasteiger partial charge in [0.1, 0.15) is 0 Å². The van der Waals surface area contributed by atoms with E-state index in [0.29, 0.717) is 5.75 Å². The fourth-order valence-corrected chi connectivity index (χ4v) is 2.34. The number of carbonyl (C=O) groups is 1. The van der Waals surface area contributed by atoms with E-state index < -0.39 is 0 Å². The highest BCUT2D eigenvalue weighted by Crippen LogP contribution is 2.19. The van der Waals surface area contributed by atoms with E-state index >= 15 is 0 Å². The minimum absolute atomic E-state index is 0.0888. The molecule has 1 rings (SSSR count). The van der Waals surface area contributed by atoms with Gasteiger partial charge in [-0.2, -0.15) is 0 Å². The highest BCUT2D eigenvalue weighted by Gasteiger charge is 2.06. The van der Waals surface area contributed by atoms with Gasteiger partial charge in [0, 0.05) is 16.0 Å². The van der Waals surface area contributed by atoms with Crippen molar-refractivity contribution >= 4 is 29.3 Å². The topological polar surface area (TPSA) is 29.1 Å². The SMILES string of the molecule is CCC[C@H](C)NC(=O)CSc1ccc(Cl)cc1. The number of halogens is 1. The van der Waals surface area contributed by atoms with Crippen LogP contribution in [-0.2, 0) is 4.79 Å². The van der Waals surface area contributed by atoms with Crippen LogP contribution < -0.4 is 5.32 Å². The highest BCUT2D eigenvalue weighted by molar-refractivity contribution is 8.00. The number of hydrogen-bond donors (Lipinski definition) is 1. The third kappa shape index (κ3) is 5.99. The van der Waals surface area contributed by atoms with Crippen LogP contribution in [0, 0.1) is 0 Å². The zero-order valence-electron chi connectivity index (χ0n) is 10.2. The summed E-state index contributed by atoms with van der Waals surface area (Å²) in [5, 5.41) is 3.69. The van der Waals surface area contributed by atoms with Crippen LogP contribution in [-0.4, -0.2) is 17.7 Å². The number of thioether (sulfide) groups is 1. The van der Waals surface area contributed by atoms with Crippen molar-refractivity contribution in [1.82, 2.24) is 5.32 Å². The Labute approximate surface area is 112 Å². The standard InChI is InChI=1S/C13H18ClNOS/c1-3-4-10(2)15-13(16)9-17-12-7-5-11(14)6-8-12/h5-8,10H,3-4,9H2,1-2H3,(H,15,16)/t10-/m0/s1. The predicted molar refractivity (Wildman–Crippen MR) is 74.7 cm³/mol. The molecule has 0 heterocycles. The van der Waals surface area contributed by atoms with Crippen molar-refractivity contribution in [2.24, 2.45) is 0 Å². The molecule has 1 aromatic carbocycles. The summed E-state index contributed by atoms with van der Waals surface area (Å²) in [5.41, 5.74) is 0. The Balaban J connectivity index is 2.30.